The fraction of sp³-hybridized carbons (Fsp3) is 0.389. The van der Waals surface area contributed by atoms with Crippen molar-refractivity contribution >= 4 is 16.1 Å². The van der Waals surface area contributed by atoms with Gasteiger partial charge >= 0.3 is 0 Å². The first kappa shape index (κ1) is 49.5. The molecule has 0 nitrogen and oxygen atoms in total. The van der Waals surface area contributed by atoms with Gasteiger partial charge in [0.2, 0.25) is 0 Å². The van der Waals surface area contributed by atoms with Crippen LogP contribution in [0.25, 0.3) is 0 Å². The van der Waals surface area contributed by atoms with Crippen LogP contribution in [0.2, 0.25) is 39.3 Å². The zero-order valence-corrected chi connectivity index (χ0v) is 21.8. The van der Waals surface area contributed by atoms with Crippen LogP contribution in [0.5, 0.6) is 0 Å². The maximum atomic E-state index is 3.91. The van der Waals surface area contributed by atoms with Crippen molar-refractivity contribution in [3.63, 3.8) is 0 Å². The van der Waals surface area contributed by atoms with Gasteiger partial charge < -0.3 is 50.2 Å². The first-order valence-electron chi connectivity index (χ1n) is 5.42. The summed E-state index contributed by atoms with van der Waals surface area (Å²) in [5, 5.41) is 0. The first-order valence-corrected chi connectivity index (χ1v) is 12.8. The van der Waals surface area contributed by atoms with E-state index in [2.05, 4.69) is 64.5 Å². The minimum Gasteiger partial charge on any atom is -0.358 e. The molecule has 0 aliphatic heterocycles. The quantitative estimate of drug-likeness (QED) is 0.303. The van der Waals surface area contributed by atoms with Gasteiger partial charge in [-0.2, -0.15) is 6.08 Å². The van der Waals surface area contributed by atoms with E-state index in [1.165, 1.54) is 0 Å². The molecule has 0 aromatic heterocycles. The minimum absolute atomic E-state index is 0. The number of allylic oxidation sites excluding steroid dienone is 4. The van der Waals surface area contributed by atoms with E-state index < -0.39 is 16.1 Å². The van der Waals surface area contributed by atoms with Crippen LogP contribution in [0.4, 0.5) is 0 Å². The van der Waals surface area contributed by atoms with Crippen LogP contribution in [0, 0.1) is 56.3 Å². The summed E-state index contributed by atoms with van der Waals surface area (Å²) < 4.78 is 0. The minimum atomic E-state index is -0.861. The molecule has 21 heavy (non-hydrogen) atoms. The molecule has 0 aromatic carbocycles. The van der Waals surface area contributed by atoms with Crippen molar-refractivity contribution in [1.29, 1.82) is 0 Å². The van der Waals surface area contributed by atoms with Gasteiger partial charge in [-0.1, -0.05) is 39.3 Å². The molecule has 0 spiro atoms. The van der Waals surface area contributed by atoms with E-state index in [0.717, 1.165) is 6.42 Å². The van der Waals surface area contributed by atoms with Crippen LogP contribution in [-0.2, 0) is 32.7 Å². The molecule has 0 aromatic rings. The van der Waals surface area contributed by atoms with Gasteiger partial charge in [-0.3, -0.25) is 6.08 Å². The molecule has 0 bridgehead atoms. The van der Waals surface area contributed by atoms with Gasteiger partial charge in [0.25, 0.3) is 0 Å². The van der Waals surface area contributed by atoms with E-state index in [1.807, 2.05) is 12.2 Å². The van der Waals surface area contributed by atoms with Crippen molar-refractivity contribution in [3.8, 4) is 0 Å². The van der Waals surface area contributed by atoms with E-state index in [4.69, 9.17) is 0 Å². The summed E-state index contributed by atoms with van der Waals surface area (Å²) in [5.41, 5.74) is 0. The molecule has 0 heterocycles. The second-order valence-electron chi connectivity index (χ2n) is 6.12. The van der Waals surface area contributed by atoms with E-state index in [-0.39, 0.29) is 69.8 Å². The Hall–Kier alpha value is 1.02. The van der Waals surface area contributed by atoms with Crippen molar-refractivity contribution in [2.45, 2.75) is 45.7 Å². The third-order valence-electron chi connectivity index (χ3n) is 0.586. The standard InChI is InChI=1S/C5H5.2C4H11Si.5CH3.Y/c1-2-4-5-3-1;2*1-5(2,3)4;;;;;;/h1-3H,4H2;2*1H2,2-4H3;5*1H3;/q8*-1;. The van der Waals surface area contributed by atoms with Crippen LogP contribution in [0.1, 0.15) is 6.42 Å². The van der Waals surface area contributed by atoms with E-state index in [9.17, 15) is 0 Å². The summed E-state index contributed by atoms with van der Waals surface area (Å²) in [6, 6.07) is 0. The maximum absolute atomic E-state index is 3.91. The van der Waals surface area contributed by atoms with Crippen LogP contribution in [0.15, 0.2) is 18.2 Å². The molecule has 0 saturated carbocycles. The largest absolute Gasteiger partial charge is 0.358 e. The van der Waals surface area contributed by atoms with E-state index in [1.54, 1.807) is 0 Å². The van der Waals surface area contributed by atoms with Crippen molar-refractivity contribution < 1.29 is 32.7 Å². The molecule has 0 amide bonds. The van der Waals surface area contributed by atoms with Gasteiger partial charge in [-0.25, -0.2) is 12.2 Å². The van der Waals surface area contributed by atoms with Gasteiger partial charge in [-0.15, -0.1) is 22.6 Å². The smallest absolute Gasteiger partial charge is 0 e. The van der Waals surface area contributed by atoms with Gasteiger partial charge in [0.05, 0.1) is 0 Å². The summed E-state index contributed by atoms with van der Waals surface area (Å²) in [6.45, 7) is 21.1. The molecule has 0 fully saturated rings. The average molecular weight is 404 g/mol. The summed E-state index contributed by atoms with van der Waals surface area (Å²) in [7, 11) is -1.72. The predicted molar refractivity (Wildman–Crippen MR) is 111 cm³/mol. The summed E-state index contributed by atoms with van der Waals surface area (Å²) in [4.78, 5) is 0. The molecule has 0 N–H and O–H groups in total. The van der Waals surface area contributed by atoms with Crippen molar-refractivity contribution in [3.05, 3.63) is 74.5 Å². The zero-order valence-electron chi connectivity index (χ0n) is 16.9. The predicted octanol–water partition coefficient (Wildman–Crippen LogP) is 6.95. The Morgan fingerprint density at radius 2 is 1.00 bits per heavy atom. The number of hydrogen-bond acceptors (Lipinski definition) is 0. The third kappa shape index (κ3) is 210. The molecular formula is C18H42Si2Y-8. The second kappa shape index (κ2) is 25.9. The summed E-state index contributed by atoms with van der Waals surface area (Å²) >= 11 is 0. The SMILES string of the molecule is [C-]1=CC=CC1.[CH2-][Si](C)(C)C.[CH2-][Si](C)(C)C.[CH3-].[CH3-].[CH3-].[CH3-].[CH3-].[Y]. The van der Waals surface area contributed by atoms with Crippen LogP contribution in [0.3, 0.4) is 0 Å². The maximum Gasteiger partial charge on any atom is 0 e. The molecule has 0 atom stereocenters. The van der Waals surface area contributed by atoms with Gasteiger partial charge in [0.1, 0.15) is 0 Å². The average Bonchev–Trinajstić information content (AvgIpc) is 2.28. The monoisotopic (exact) mass is 403 g/mol. The number of hydrogen-bond donors (Lipinski definition) is 0. The molecule has 133 valence electrons. The molecule has 0 unspecified atom stereocenters. The van der Waals surface area contributed by atoms with Crippen LogP contribution >= 0.6 is 0 Å². The summed E-state index contributed by atoms with van der Waals surface area (Å²) in [6.07, 6.45) is 10.0. The normalized spacial score (nSPS) is 9.90. The molecule has 0 saturated heterocycles. The van der Waals surface area contributed by atoms with Crippen LogP contribution < -0.4 is 0 Å². The van der Waals surface area contributed by atoms with E-state index >= 15 is 0 Å². The van der Waals surface area contributed by atoms with Gasteiger partial charge in [0.15, 0.2) is 0 Å². The molecule has 1 aliphatic carbocycles. The molecular weight excluding hydrogens is 361 g/mol. The van der Waals surface area contributed by atoms with Crippen LogP contribution in [-0.4, -0.2) is 16.1 Å². The van der Waals surface area contributed by atoms with Gasteiger partial charge in [-0.05, 0) is 0 Å². The zero-order chi connectivity index (χ0) is 12.5. The Morgan fingerprint density at radius 3 is 1.05 bits per heavy atom. The number of rotatable bonds is 0. The molecule has 1 rings (SSSR count). The van der Waals surface area contributed by atoms with Crippen molar-refractivity contribution in [2.75, 3.05) is 0 Å². The fourth-order valence-electron chi connectivity index (χ4n) is 0.340. The molecule has 3 heteroatoms. The molecule has 1 aliphatic rings. The summed E-state index contributed by atoms with van der Waals surface area (Å²) in [5.74, 6) is 0. The Bertz CT molecular complexity index is 162. The van der Waals surface area contributed by atoms with Crippen molar-refractivity contribution in [2.24, 2.45) is 0 Å². The Balaban J connectivity index is -0.0000000176. The third-order valence-corrected chi connectivity index (χ3v) is 0.586. The Morgan fingerprint density at radius 1 is 0.762 bits per heavy atom. The van der Waals surface area contributed by atoms with Crippen molar-refractivity contribution in [1.82, 2.24) is 0 Å². The van der Waals surface area contributed by atoms with Gasteiger partial charge in [0, 0.05) is 32.7 Å². The molecule has 1 radical (unpaired) electrons. The fourth-order valence-corrected chi connectivity index (χ4v) is 0.340. The Labute approximate surface area is 168 Å². The Kier molecular flexibility index (Phi) is 61.1. The first-order chi connectivity index (χ1) is 6.50. The topological polar surface area (TPSA) is 0 Å². The second-order valence-corrected chi connectivity index (χ2v) is 16.4. The van der Waals surface area contributed by atoms with E-state index in [0.29, 0.717) is 0 Å².